The number of thioether (sulfide) groups is 1. The minimum absolute atomic E-state index is 0.394. The summed E-state index contributed by atoms with van der Waals surface area (Å²) in [5, 5.41) is 4.51. The van der Waals surface area contributed by atoms with Crippen LogP contribution >= 0.6 is 23.4 Å². The fourth-order valence-electron chi connectivity index (χ4n) is 2.82. The van der Waals surface area contributed by atoms with Gasteiger partial charge in [-0.15, -0.1) is 11.8 Å². The van der Waals surface area contributed by atoms with Crippen LogP contribution in [0.2, 0.25) is 5.02 Å². The third kappa shape index (κ3) is 3.46. The molecule has 0 radical (unpaired) electrons. The van der Waals surface area contributed by atoms with Crippen molar-refractivity contribution >= 4 is 23.4 Å². The van der Waals surface area contributed by atoms with Gasteiger partial charge in [-0.25, -0.2) is 0 Å². The molecule has 104 valence electrons. The van der Waals surface area contributed by atoms with Crippen LogP contribution in [-0.2, 0) is 4.74 Å². The van der Waals surface area contributed by atoms with Gasteiger partial charge in [0.15, 0.2) is 0 Å². The van der Waals surface area contributed by atoms with Crippen LogP contribution in [0.1, 0.15) is 37.3 Å². The van der Waals surface area contributed by atoms with Gasteiger partial charge < -0.3 is 10.1 Å². The molecule has 0 aliphatic carbocycles. The first-order valence-electron chi connectivity index (χ1n) is 7.10. The average molecular weight is 298 g/mol. The predicted octanol–water partition coefficient (Wildman–Crippen LogP) is 4.04. The van der Waals surface area contributed by atoms with Gasteiger partial charge in [0.2, 0.25) is 0 Å². The maximum absolute atomic E-state index is 6.13. The Balaban J connectivity index is 1.64. The number of ether oxygens (including phenoxy) is 1. The van der Waals surface area contributed by atoms with Crippen LogP contribution in [0.15, 0.2) is 23.1 Å². The quantitative estimate of drug-likeness (QED) is 0.910. The molecule has 2 atom stereocenters. The Morgan fingerprint density at radius 1 is 1.32 bits per heavy atom. The molecule has 1 saturated heterocycles. The summed E-state index contributed by atoms with van der Waals surface area (Å²) in [7, 11) is 0. The number of fused-ring (bicyclic) bond motifs is 1. The highest BCUT2D eigenvalue weighted by Crippen LogP contribution is 2.37. The molecule has 1 N–H and O–H groups in total. The Kier molecular flexibility index (Phi) is 4.69. The molecule has 1 fully saturated rings. The summed E-state index contributed by atoms with van der Waals surface area (Å²) in [6.45, 7) is 1.89. The van der Waals surface area contributed by atoms with Gasteiger partial charge in [-0.1, -0.05) is 11.6 Å². The SMILES string of the molecule is Clc1ccc2c(c1)C(NCC1CCCCO1)CCS2. The van der Waals surface area contributed by atoms with E-state index in [1.807, 2.05) is 17.8 Å². The number of hydrogen-bond donors (Lipinski definition) is 1. The van der Waals surface area contributed by atoms with E-state index in [1.54, 1.807) is 0 Å². The molecule has 1 aromatic rings. The largest absolute Gasteiger partial charge is 0.377 e. The molecular formula is C15H20ClNOS. The lowest BCUT2D eigenvalue weighted by Crippen LogP contribution is -2.35. The fourth-order valence-corrected chi connectivity index (χ4v) is 4.11. The van der Waals surface area contributed by atoms with Gasteiger partial charge in [-0.05, 0) is 55.2 Å². The summed E-state index contributed by atoms with van der Waals surface area (Å²) in [5.41, 5.74) is 1.36. The zero-order valence-electron chi connectivity index (χ0n) is 11.0. The highest BCUT2D eigenvalue weighted by molar-refractivity contribution is 7.99. The van der Waals surface area contributed by atoms with Crippen molar-refractivity contribution in [2.45, 2.75) is 42.7 Å². The third-order valence-electron chi connectivity index (χ3n) is 3.88. The Hall–Kier alpha value is -0.220. The minimum atomic E-state index is 0.394. The van der Waals surface area contributed by atoms with Crippen molar-refractivity contribution < 1.29 is 4.74 Å². The van der Waals surface area contributed by atoms with Gasteiger partial charge in [0, 0.05) is 29.1 Å². The number of halogens is 1. The highest BCUT2D eigenvalue weighted by atomic mass is 35.5. The molecule has 0 amide bonds. The van der Waals surface area contributed by atoms with E-state index >= 15 is 0 Å². The van der Waals surface area contributed by atoms with E-state index in [4.69, 9.17) is 16.3 Å². The van der Waals surface area contributed by atoms with Crippen LogP contribution < -0.4 is 5.32 Å². The van der Waals surface area contributed by atoms with E-state index in [1.165, 1.54) is 41.9 Å². The highest BCUT2D eigenvalue weighted by Gasteiger charge is 2.22. The van der Waals surface area contributed by atoms with Gasteiger partial charge in [0.05, 0.1) is 6.10 Å². The molecule has 2 nitrogen and oxygen atoms in total. The standard InChI is InChI=1S/C15H20ClNOS/c16-11-4-5-15-13(9-11)14(6-8-19-15)17-10-12-3-1-2-7-18-12/h4-5,9,12,14,17H,1-3,6-8,10H2. The molecule has 19 heavy (non-hydrogen) atoms. The minimum Gasteiger partial charge on any atom is -0.377 e. The molecule has 0 aromatic heterocycles. The summed E-state index contributed by atoms with van der Waals surface area (Å²) in [6, 6.07) is 6.68. The lowest BCUT2D eigenvalue weighted by molar-refractivity contribution is 0.0152. The Morgan fingerprint density at radius 3 is 3.11 bits per heavy atom. The molecule has 0 saturated carbocycles. The van der Waals surface area contributed by atoms with E-state index in [0.717, 1.165) is 18.2 Å². The number of hydrogen-bond acceptors (Lipinski definition) is 3. The predicted molar refractivity (Wildman–Crippen MR) is 81.1 cm³/mol. The molecule has 4 heteroatoms. The molecule has 2 aliphatic rings. The first-order valence-corrected chi connectivity index (χ1v) is 8.46. The normalized spacial score (nSPS) is 27.0. The Labute approximate surface area is 124 Å². The number of rotatable bonds is 3. The van der Waals surface area contributed by atoms with E-state index in [9.17, 15) is 0 Å². The molecule has 3 rings (SSSR count). The smallest absolute Gasteiger partial charge is 0.0699 e. The van der Waals surface area contributed by atoms with Crippen LogP contribution in [0.25, 0.3) is 0 Å². The lowest BCUT2D eigenvalue weighted by Gasteiger charge is -2.29. The first-order chi connectivity index (χ1) is 9.33. The second-order valence-electron chi connectivity index (χ2n) is 5.27. The Morgan fingerprint density at radius 2 is 2.26 bits per heavy atom. The summed E-state index contributed by atoms with van der Waals surface area (Å²) >= 11 is 8.06. The van der Waals surface area contributed by atoms with E-state index in [2.05, 4.69) is 17.4 Å². The number of nitrogens with one attached hydrogen (secondary N) is 1. The van der Waals surface area contributed by atoms with Crippen molar-refractivity contribution in [3.05, 3.63) is 28.8 Å². The fraction of sp³-hybridized carbons (Fsp3) is 0.600. The third-order valence-corrected chi connectivity index (χ3v) is 5.23. The van der Waals surface area contributed by atoms with Gasteiger partial charge in [0.25, 0.3) is 0 Å². The van der Waals surface area contributed by atoms with Crippen LogP contribution in [0, 0.1) is 0 Å². The zero-order valence-corrected chi connectivity index (χ0v) is 12.6. The zero-order chi connectivity index (χ0) is 13.1. The van der Waals surface area contributed by atoms with Crippen molar-refractivity contribution in [2.75, 3.05) is 18.9 Å². The number of benzene rings is 1. The summed E-state index contributed by atoms with van der Waals surface area (Å²) in [5.74, 6) is 1.18. The van der Waals surface area contributed by atoms with Gasteiger partial charge >= 0.3 is 0 Å². The van der Waals surface area contributed by atoms with Crippen LogP contribution in [0.3, 0.4) is 0 Å². The van der Waals surface area contributed by atoms with Crippen molar-refractivity contribution in [2.24, 2.45) is 0 Å². The molecule has 0 spiro atoms. The summed E-state index contributed by atoms with van der Waals surface area (Å²) in [6.07, 6.45) is 5.28. The van der Waals surface area contributed by atoms with Gasteiger partial charge in [-0.2, -0.15) is 0 Å². The maximum atomic E-state index is 6.13. The van der Waals surface area contributed by atoms with Crippen LogP contribution in [0.4, 0.5) is 0 Å². The Bertz CT molecular complexity index is 434. The van der Waals surface area contributed by atoms with Crippen molar-refractivity contribution in [1.82, 2.24) is 5.32 Å². The van der Waals surface area contributed by atoms with Crippen LogP contribution in [-0.4, -0.2) is 25.0 Å². The van der Waals surface area contributed by atoms with Gasteiger partial charge in [-0.3, -0.25) is 0 Å². The van der Waals surface area contributed by atoms with E-state index < -0.39 is 0 Å². The van der Waals surface area contributed by atoms with Crippen LogP contribution in [0.5, 0.6) is 0 Å². The molecule has 2 heterocycles. The average Bonchev–Trinajstić information content (AvgIpc) is 2.46. The van der Waals surface area contributed by atoms with Crippen molar-refractivity contribution in [1.29, 1.82) is 0 Å². The second-order valence-corrected chi connectivity index (χ2v) is 6.84. The summed E-state index contributed by atoms with van der Waals surface area (Å²) in [4.78, 5) is 1.37. The van der Waals surface area contributed by atoms with Crippen molar-refractivity contribution in [3.63, 3.8) is 0 Å². The lowest BCUT2D eigenvalue weighted by atomic mass is 10.0. The van der Waals surface area contributed by atoms with Crippen molar-refractivity contribution in [3.8, 4) is 0 Å². The molecule has 2 aliphatic heterocycles. The van der Waals surface area contributed by atoms with E-state index in [0.29, 0.717) is 12.1 Å². The molecule has 2 unspecified atom stereocenters. The maximum Gasteiger partial charge on any atom is 0.0699 e. The monoisotopic (exact) mass is 297 g/mol. The molecule has 1 aromatic carbocycles. The van der Waals surface area contributed by atoms with Gasteiger partial charge in [0.1, 0.15) is 0 Å². The summed E-state index contributed by atoms with van der Waals surface area (Å²) < 4.78 is 5.79. The van der Waals surface area contributed by atoms with E-state index in [-0.39, 0.29) is 0 Å². The molecular weight excluding hydrogens is 278 g/mol. The topological polar surface area (TPSA) is 21.3 Å². The first kappa shape index (κ1) is 13.7. The second kappa shape index (κ2) is 6.49. The molecule has 0 bridgehead atoms.